The van der Waals surface area contributed by atoms with Crippen LogP contribution in [0.3, 0.4) is 0 Å². The molecule has 1 aromatic rings. The number of nitrogens with two attached hydrogens (primary N) is 1. The Labute approximate surface area is 119 Å². The van der Waals surface area contributed by atoms with E-state index >= 15 is 0 Å². The first kappa shape index (κ1) is 16.4. The lowest BCUT2D eigenvalue weighted by Gasteiger charge is -2.19. The summed E-state index contributed by atoms with van der Waals surface area (Å²) in [4.78, 5) is 11.9. The minimum Gasteiger partial charge on any atom is -0.481 e. The van der Waals surface area contributed by atoms with Crippen LogP contribution in [-0.2, 0) is 4.79 Å². The van der Waals surface area contributed by atoms with Crippen LogP contribution in [0.25, 0.3) is 0 Å². The van der Waals surface area contributed by atoms with Crippen molar-refractivity contribution >= 4 is 5.91 Å². The van der Waals surface area contributed by atoms with E-state index in [9.17, 15) is 9.18 Å². The SMILES string of the molecule is CC(C)CNC(=O)C(C)Oc1ccc(F)cc1[C@H](C)N. The Bertz CT molecular complexity index is 461. The standard InChI is InChI=1S/C15H23FN2O2/c1-9(2)8-18-15(19)11(4)20-14-6-5-12(16)7-13(14)10(3)17/h5-7,9-11H,8,17H2,1-4H3,(H,18,19)/t10-,11?/m0/s1. The third-order valence-electron chi connectivity index (χ3n) is 2.82. The van der Waals surface area contributed by atoms with Crippen LogP contribution in [0.4, 0.5) is 4.39 Å². The molecule has 0 aliphatic heterocycles. The van der Waals surface area contributed by atoms with Gasteiger partial charge in [-0.05, 0) is 38.0 Å². The molecule has 1 rings (SSSR count). The summed E-state index contributed by atoms with van der Waals surface area (Å²) < 4.78 is 18.8. The highest BCUT2D eigenvalue weighted by atomic mass is 19.1. The van der Waals surface area contributed by atoms with Gasteiger partial charge in [-0.3, -0.25) is 4.79 Å². The zero-order valence-electron chi connectivity index (χ0n) is 12.4. The molecule has 1 amide bonds. The predicted octanol–water partition coefficient (Wildman–Crippen LogP) is 2.38. The van der Waals surface area contributed by atoms with Gasteiger partial charge in [-0.25, -0.2) is 4.39 Å². The summed E-state index contributed by atoms with van der Waals surface area (Å²) in [5, 5.41) is 2.79. The van der Waals surface area contributed by atoms with Crippen molar-refractivity contribution in [1.29, 1.82) is 0 Å². The Morgan fingerprint density at radius 2 is 2.00 bits per heavy atom. The van der Waals surface area contributed by atoms with Crippen molar-refractivity contribution in [3.05, 3.63) is 29.6 Å². The van der Waals surface area contributed by atoms with Crippen LogP contribution in [-0.4, -0.2) is 18.6 Å². The minimum absolute atomic E-state index is 0.196. The summed E-state index contributed by atoms with van der Waals surface area (Å²) in [5.41, 5.74) is 6.34. The van der Waals surface area contributed by atoms with Gasteiger partial charge in [-0.15, -0.1) is 0 Å². The molecule has 0 bridgehead atoms. The van der Waals surface area contributed by atoms with Crippen LogP contribution in [0, 0.1) is 11.7 Å². The number of amides is 1. The van der Waals surface area contributed by atoms with Gasteiger partial charge in [0.05, 0.1) is 0 Å². The van der Waals surface area contributed by atoms with Crippen molar-refractivity contribution in [2.24, 2.45) is 11.7 Å². The lowest BCUT2D eigenvalue weighted by atomic mass is 10.1. The molecule has 0 aliphatic rings. The molecular weight excluding hydrogens is 259 g/mol. The molecule has 112 valence electrons. The third kappa shape index (κ3) is 4.81. The van der Waals surface area contributed by atoms with E-state index in [0.29, 0.717) is 23.8 Å². The van der Waals surface area contributed by atoms with Gasteiger partial charge in [0, 0.05) is 18.2 Å². The van der Waals surface area contributed by atoms with Gasteiger partial charge >= 0.3 is 0 Å². The van der Waals surface area contributed by atoms with Gasteiger partial charge in [0.2, 0.25) is 0 Å². The monoisotopic (exact) mass is 282 g/mol. The molecule has 0 fully saturated rings. The topological polar surface area (TPSA) is 64.3 Å². The molecule has 20 heavy (non-hydrogen) atoms. The zero-order valence-corrected chi connectivity index (χ0v) is 12.4. The fourth-order valence-electron chi connectivity index (χ4n) is 1.67. The van der Waals surface area contributed by atoms with E-state index in [1.54, 1.807) is 13.8 Å². The zero-order chi connectivity index (χ0) is 15.3. The van der Waals surface area contributed by atoms with E-state index < -0.39 is 6.10 Å². The van der Waals surface area contributed by atoms with Crippen molar-refractivity contribution in [2.45, 2.75) is 39.8 Å². The maximum Gasteiger partial charge on any atom is 0.260 e. The normalized spacial score (nSPS) is 13.9. The number of carbonyl (C=O) groups is 1. The Morgan fingerprint density at radius 3 is 2.55 bits per heavy atom. The smallest absolute Gasteiger partial charge is 0.260 e. The molecule has 0 spiro atoms. The molecule has 0 aliphatic carbocycles. The summed E-state index contributed by atoms with van der Waals surface area (Å²) in [6.07, 6.45) is -0.656. The molecule has 0 heterocycles. The second kappa shape index (κ2) is 7.24. The van der Waals surface area contributed by atoms with Gasteiger partial charge in [-0.1, -0.05) is 13.8 Å². The number of halogens is 1. The highest BCUT2D eigenvalue weighted by Gasteiger charge is 2.18. The summed E-state index contributed by atoms with van der Waals surface area (Å²) in [7, 11) is 0. The van der Waals surface area contributed by atoms with E-state index in [0.717, 1.165) is 0 Å². The van der Waals surface area contributed by atoms with Crippen molar-refractivity contribution < 1.29 is 13.9 Å². The van der Waals surface area contributed by atoms with Crippen molar-refractivity contribution in [2.75, 3.05) is 6.54 Å². The number of rotatable bonds is 6. The molecule has 0 saturated heterocycles. The molecule has 0 aromatic heterocycles. The predicted molar refractivity (Wildman–Crippen MR) is 76.9 cm³/mol. The molecule has 0 saturated carbocycles. The Balaban J connectivity index is 2.75. The second-order valence-electron chi connectivity index (χ2n) is 5.37. The fourth-order valence-corrected chi connectivity index (χ4v) is 1.67. The van der Waals surface area contributed by atoms with Gasteiger partial charge in [-0.2, -0.15) is 0 Å². The van der Waals surface area contributed by atoms with Crippen molar-refractivity contribution in [1.82, 2.24) is 5.32 Å². The van der Waals surface area contributed by atoms with E-state index in [1.165, 1.54) is 18.2 Å². The summed E-state index contributed by atoms with van der Waals surface area (Å²) >= 11 is 0. The van der Waals surface area contributed by atoms with E-state index in [1.807, 2.05) is 13.8 Å². The molecule has 1 unspecified atom stereocenters. The molecule has 2 atom stereocenters. The Kier molecular flexibility index (Phi) is 5.95. The number of benzene rings is 1. The van der Waals surface area contributed by atoms with Crippen LogP contribution < -0.4 is 15.8 Å². The van der Waals surface area contributed by atoms with E-state index in [2.05, 4.69) is 5.32 Å². The first-order valence-corrected chi connectivity index (χ1v) is 6.80. The van der Waals surface area contributed by atoms with Crippen LogP contribution in [0.1, 0.15) is 39.3 Å². The lowest BCUT2D eigenvalue weighted by Crippen LogP contribution is -2.38. The molecule has 5 heteroatoms. The minimum atomic E-state index is -0.656. The number of ether oxygens (including phenoxy) is 1. The molecular formula is C15H23FN2O2. The second-order valence-corrected chi connectivity index (χ2v) is 5.37. The first-order chi connectivity index (χ1) is 9.31. The summed E-state index contributed by atoms with van der Waals surface area (Å²) in [6, 6.07) is 3.76. The summed E-state index contributed by atoms with van der Waals surface area (Å²) in [5.74, 6) is 0.241. The van der Waals surface area contributed by atoms with E-state index in [-0.39, 0.29) is 17.8 Å². The van der Waals surface area contributed by atoms with Crippen LogP contribution in [0.5, 0.6) is 5.75 Å². The highest BCUT2D eigenvalue weighted by Crippen LogP contribution is 2.25. The fraction of sp³-hybridized carbons (Fsp3) is 0.533. The number of hydrogen-bond donors (Lipinski definition) is 2. The average Bonchev–Trinajstić information content (AvgIpc) is 2.37. The van der Waals surface area contributed by atoms with Crippen LogP contribution >= 0.6 is 0 Å². The highest BCUT2D eigenvalue weighted by molar-refractivity contribution is 5.80. The largest absolute Gasteiger partial charge is 0.481 e. The van der Waals surface area contributed by atoms with Crippen molar-refractivity contribution in [3.8, 4) is 5.75 Å². The first-order valence-electron chi connectivity index (χ1n) is 6.80. The maximum atomic E-state index is 13.2. The Hall–Kier alpha value is -1.62. The van der Waals surface area contributed by atoms with E-state index in [4.69, 9.17) is 10.5 Å². The number of hydrogen-bond acceptors (Lipinski definition) is 3. The molecule has 3 N–H and O–H groups in total. The molecule has 0 radical (unpaired) electrons. The summed E-state index contributed by atoms with van der Waals surface area (Å²) in [6.45, 7) is 8.02. The average molecular weight is 282 g/mol. The molecule has 1 aromatic carbocycles. The Morgan fingerprint density at radius 1 is 1.35 bits per heavy atom. The third-order valence-corrected chi connectivity index (χ3v) is 2.82. The van der Waals surface area contributed by atoms with Crippen molar-refractivity contribution in [3.63, 3.8) is 0 Å². The number of nitrogens with one attached hydrogen (secondary N) is 1. The quantitative estimate of drug-likeness (QED) is 0.842. The van der Waals surface area contributed by atoms with Gasteiger partial charge in [0.15, 0.2) is 6.10 Å². The maximum absolute atomic E-state index is 13.2. The van der Waals surface area contributed by atoms with Crippen LogP contribution in [0.15, 0.2) is 18.2 Å². The van der Waals surface area contributed by atoms with Gasteiger partial charge in [0.1, 0.15) is 11.6 Å². The van der Waals surface area contributed by atoms with Gasteiger partial charge in [0.25, 0.3) is 5.91 Å². The number of carbonyl (C=O) groups excluding carboxylic acids is 1. The lowest BCUT2D eigenvalue weighted by molar-refractivity contribution is -0.127. The van der Waals surface area contributed by atoms with Crippen LogP contribution in [0.2, 0.25) is 0 Å². The molecule has 4 nitrogen and oxygen atoms in total. The van der Waals surface area contributed by atoms with Gasteiger partial charge < -0.3 is 15.8 Å².